The zero-order valence-corrected chi connectivity index (χ0v) is 17.7. The minimum Gasteiger partial charge on any atom is -0.388 e. The molecule has 1 N–H and O–H groups in total. The summed E-state index contributed by atoms with van der Waals surface area (Å²) in [5, 5.41) is 20.5. The lowest BCUT2D eigenvalue weighted by atomic mass is 10.1. The number of aliphatic hydroxyl groups is 1. The molecule has 5 aromatic rings. The summed E-state index contributed by atoms with van der Waals surface area (Å²) in [5.41, 5.74) is 3.25. The Balaban J connectivity index is 1.65. The zero-order valence-electron chi connectivity index (χ0n) is 16.8. The van der Waals surface area contributed by atoms with Gasteiger partial charge >= 0.3 is 0 Å². The summed E-state index contributed by atoms with van der Waals surface area (Å²) in [6.07, 6.45) is -0.632. The molecule has 2 aromatic heterocycles. The van der Waals surface area contributed by atoms with Crippen LogP contribution in [0.1, 0.15) is 17.2 Å². The van der Waals surface area contributed by atoms with E-state index in [1.165, 1.54) is 11.8 Å². The van der Waals surface area contributed by atoms with E-state index in [-0.39, 0.29) is 5.56 Å². The van der Waals surface area contributed by atoms with E-state index in [1.54, 1.807) is 4.57 Å². The molecule has 0 spiro atoms. The van der Waals surface area contributed by atoms with Crippen molar-refractivity contribution in [1.82, 2.24) is 19.2 Å². The molecular formula is C24H20N4O2S. The first-order valence-electron chi connectivity index (χ1n) is 9.95. The predicted octanol–water partition coefficient (Wildman–Crippen LogP) is 4.17. The number of hydrogen-bond acceptors (Lipinski definition) is 5. The van der Waals surface area contributed by atoms with E-state index in [0.29, 0.717) is 22.1 Å². The fraction of sp³-hybridized carbons (Fsp3) is 0.125. The first-order valence-corrected chi connectivity index (χ1v) is 10.9. The summed E-state index contributed by atoms with van der Waals surface area (Å²) in [7, 11) is 0. The maximum absolute atomic E-state index is 13.3. The van der Waals surface area contributed by atoms with Crippen molar-refractivity contribution in [3.8, 4) is 5.69 Å². The van der Waals surface area contributed by atoms with E-state index < -0.39 is 6.10 Å². The number of nitrogens with zero attached hydrogens (tertiary/aromatic N) is 4. The standard InChI is InChI=1S/C24H20N4O2S/c1-16-8-7-11-18(14-16)27-22(30)19-12-5-6-13-20(19)28-23(27)25-26-24(28)31-15-21(29)17-9-3-2-4-10-17/h2-14,21,29H,15H2,1H3/t21-/m0/s1. The predicted molar refractivity (Wildman–Crippen MR) is 123 cm³/mol. The summed E-state index contributed by atoms with van der Waals surface area (Å²) in [6, 6.07) is 24.8. The van der Waals surface area contributed by atoms with Crippen molar-refractivity contribution >= 4 is 28.4 Å². The molecule has 0 fully saturated rings. The second kappa shape index (κ2) is 8.02. The summed E-state index contributed by atoms with van der Waals surface area (Å²) in [6.45, 7) is 1.99. The van der Waals surface area contributed by atoms with Crippen LogP contribution >= 0.6 is 11.8 Å². The number of rotatable bonds is 5. The van der Waals surface area contributed by atoms with Crippen LogP contribution in [-0.2, 0) is 0 Å². The molecule has 0 saturated heterocycles. The Hall–Kier alpha value is -3.42. The SMILES string of the molecule is Cc1cccc(-n2c(=O)c3ccccc3n3c(SC[C@H](O)c4ccccc4)nnc23)c1. The maximum Gasteiger partial charge on any atom is 0.267 e. The van der Waals surface area contributed by atoms with Gasteiger partial charge in [0.2, 0.25) is 5.78 Å². The fourth-order valence-corrected chi connectivity index (χ4v) is 4.60. The Morgan fingerprint density at radius 1 is 0.968 bits per heavy atom. The lowest BCUT2D eigenvalue weighted by Crippen LogP contribution is -2.22. The highest BCUT2D eigenvalue weighted by Crippen LogP contribution is 2.27. The van der Waals surface area contributed by atoms with Crippen LogP contribution < -0.4 is 5.56 Å². The molecular weight excluding hydrogens is 408 g/mol. The van der Waals surface area contributed by atoms with Gasteiger partial charge in [-0.05, 0) is 42.3 Å². The Morgan fingerprint density at radius 2 is 1.74 bits per heavy atom. The normalized spacial score (nSPS) is 12.5. The van der Waals surface area contributed by atoms with Gasteiger partial charge in [0.25, 0.3) is 5.56 Å². The third kappa shape index (κ3) is 3.52. The fourth-order valence-electron chi connectivity index (χ4n) is 3.70. The Labute approximate surface area is 182 Å². The molecule has 7 heteroatoms. The molecule has 5 rings (SSSR count). The molecule has 0 bridgehead atoms. The monoisotopic (exact) mass is 428 g/mol. The van der Waals surface area contributed by atoms with Gasteiger partial charge in [-0.2, -0.15) is 0 Å². The summed E-state index contributed by atoms with van der Waals surface area (Å²) in [4.78, 5) is 13.3. The van der Waals surface area contributed by atoms with Gasteiger partial charge in [0.15, 0.2) is 5.16 Å². The van der Waals surface area contributed by atoms with E-state index in [0.717, 1.165) is 22.3 Å². The van der Waals surface area contributed by atoms with Gasteiger partial charge in [-0.15, -0.1) is 10.2 Å². The third-order valence-electron chi connectivity index (χ3n) is 5.21. The molecule has 3 aromatic carbocycles. The topological polar surface area (TPSA) is 72.4 Å². The molecule has 0 aliphatic heterocycles. The van der Waals surface area contributed by atoms with Crippen LogP contribution in [0.3, 0.4) is 0 Å². The number of fused-ring (bicyclic) bond motifs is 3. The highest BCUT2D eigenvalue weighted by Gasteiger charge is 2.19. The van der Waals surface area contributed by atoms with Gasteiger partial charge in [0.1, 0.15) is 0 Å². The number of para-hydroxylation sites is 1. The van der Waals surface area contributed by atoms with E-state index >= 15 is 0 Å². The molecule has 0 saturated carbocycles. The molecule has 1 atom stereocenters. The van der Waals surface area contributed by atoms with E-state index in [9.17, 15) is 9.90 Å². The second-order valence-corrected chi connectivity index (χ2v) is 8.34. The molecule has 154 valence electrons. The first-order chi connectivity index (χ1) is 15.1. The van der Waals surface area contributed by atoms with Crippen LogP contribution in [0.2, 0.25) is 0 Å². The van der Waals surface area contributed by atoms with Crippen LogP contribution in [0, 0.1) is 6.92 Å². The smallest absolute Gasteiger partial charge is 0.267 e. The van der Waals surface area contributed by atoms with Crippen LogP contribution in [0.4, 0.5) is 0 Å². The van der Waals surface area contributed by atoms with Crippen molar-refractivity contribution in [3.05, 3.63) is 100 Å². The number of aliphatic hydroxyl groups excluding tert-OH is 1. The number of thioether (sulfide) groups is 1. The molecule has 0 aliphatic carbocycles. The van der Waals surface area contributed by atoms with Crippen LogP contribution in [0.15, 0.2) is 88.8 Å². The Morgan fingerprint density at radius 3 is 2.55 bits per heavy atom. The lowest BCUT2D eigenvalue weighted by Gasteiger charge is -2.13. The third-order valence-corrected chi connectivity index (χ3v) is 6.21. The zero-order chi connectivity index (χ0) is 21.4. The molecule has 0 aliphatic rings. The number of benzene rings is 3. The van der Waals surface area contributed by atoms with Crippen LogP contribution in [0.5, 0.6) is 0 Å². The molecule has 0 amide bonds. The molecule has 0 radical (unpaired) electrons. The number of aryl methyl sites for hydroxylation is 1. The van der Waals surface area contributed by atoms with Crippen molar-refractivity contribution in [2.45, 2.75) is 18.2 Å². The van der Waals surface area contributed by atoms with Gasteiger partial charge < -0.3 is 5.11 Å². The van der Waals surface area contributed by atoms with Crippen molar-refractivity contribution in [1.29, 1.82) is 0 Å². The Bertz CT molecular complexity index is 1440. The van der Waals surface area contributed by atoms with Crippen molar-refractivity contribution in [2.75, 3.05) is 5.75 Å². The van der Waals surface area contributed by atoms with E-state index in [1.807, 2.05) is 90.2 Å². The molecule has 31 heavy (non-hydrogen) atoms. The minimum absolute atomic E-state index is 0.137. The number of hydrogen-bond donors (Lipinski definition) is 1. The summed E-state index contributed by atoms with van der Waals surface area (Å²) < 4.78 is 3.49. The van der Waals surface area contributed by atoms with Crippen molar-refractivity contribution in [2.24, 2.45) is 0 Å². The van der Waals surface area contributed by atoms with E-state index in [2.05, 4.69) is 10.2 Å². The Kier molecular flexibility index (Phi) is 5.05. The molecule has 6 nitrogen and oxygen atoms in total. The van der Waals surface area contributed by atoms with Gasteiger partial charge in [-0.1, -0.05) is 66.4 Å². The second-order valence-electron chi connectivity index (χ2n) is 7.35. The molecule has 0 unspecified atom stereocenters. The lowest BCUT2D eigenvalue weighted by molar-refractivity contribution is 0.204. The van der Waals surface area contributed by atoms with Gasteiger partial charge in [-0.25, -0.2) is 4.57 Å². The summed E-state index contributed by atoms with van der Waals surface area (Å²) >= 11 is 1.41. The van der Waals surface area contributed by atoms with Crippen LogP contribution in [-0.4, -0.2) is 30.0 Å². The quantitative estimate of drug-likeness (QED) is 0.426. The highest BCUT2D eigenvalue weighted by molar-refractivity contribution is 7.99. The van der Waals surface area contributed by atoms with Gasteiger partial charge in [0.05, 0.1) is 22.7 Å². The summed E-state index contributed by atoms with van der Waals surface area (Å²) in [5.74, 6) is 0.869. The largest absolute Gasteiger partial charge is 0.388 e. The van der Waals surface area contributed by atoms with Gasteiger partial charge in [-0.3, -0.25) is 9.20 Å². The molecule has 2 heterocycles. The maximum atomic E-state index is 13.3. The van der Waals surface area contributed by atoms with E-state index in [4.69, 9.17) is 0 Å². The average Bonchev–Trinajstić information content (AvgIpc) is 3.22. The van der Waals surface area contributed by atoms with Crippen molar-refractivity contribution < 1.29 is 5.11 Å². The number of aromatic nitrogens is 4. The first kappa shape index (κ1) is 19.5. The average molecular weight is 429 g/mol. The van der Waals surface area contributed by atoms with Crippen molar-refractivity contribution in [3.63, 3.8) is 0 Å². The highest BCUT2D eigenvalue weighted by atomic mass is 32.2. The van der Waals surface area contributed by atoms with Crippen LogP contribution in [0.25, 0.3) is 22.4 Å². The van der Waals surface area contributed by atoms with Gasteiger partial charge in [0, 0.05) is 5.75 Å². The minimum atomic E-state index is -0.632.